The number of rotatable bonds is 42. The van der Waals surface area contributed by atoms with E-state index >= 15 is 0 Å². The zero-order valence-electron chi connectivity index (χ0n) is 37.8. The fraction of sp³-hybridized carbons (Fsp3) is 0.712. The zero-order chi connectivity index (χ0) is 42.3. The molecule has 0 aliphatic heterocycles. The van der Waals surface area contributed by atoms with Crippen LogP contribution in [0.15, 0.2) is 72.9 Å². The molecule has 0 saturated carbocycles. The van der Waals surface area contributed by atoms with Crippen LogP contribution in [0.4, 0.5) is 0 Å². The van der Waals surface area contributed by atoms with E-state index in [9.17, 15) is 14.4 Å². The lowest BCUT2D eigenvalue weighted by atomic mass is 10.0. The fourth-order valence-electron chi connectivity index (χ4n) is 6.47. The first kappa shape index (κ1) is 54.9. The molecule has 0 bridgehead atoms. The Hall–Kier alpha value is -3.15. The summed E-state index contributed by atoms with van der Waals surface area (Å²) in [5, 5.41) is 0. The Morgan fingerprint density at radius 2 is 0.707 bits per heavy atom. The van der Waals surface area contributed by atoms with Crippen molar-refractivity contribution < 1.29 is 28.6 Å². The summed E-state index contributed by atoms with van der Waals surface area (Å²) in [5.41, 5.74) is 0. The molecule has 0 aromatic rings. The molecule has 0 N–H and O–H groups in total. The minimum atomic E-state index is -0.810. The molecule has 0 amide bonds. The maximum Gasteiger partial charge on any atom is 0.306 e. The first-order valence-corrected chi connectivity index (χ1v) is 24.0. The van der Waals surface area contributed by atoms with Crippen LogP contribution in [0.3, 0.4) is 0 Å². The minimum absolute atomic E-state index is 0.104. The summed E-state index contributed by atoms with van der Waals surface area (Å²) in [4.78, 5) is 37.8. The van der Waals surface area contributed by atoms with Crippen molar-refractivity contribution in [2.45, 2.75) is 226 Å². The van der Waals surface area contributed by atoms with E-state index in [0.717, 1.165) is 51.4 Å². The summed E-state index contributed by atoms with van der Waals surface area (Å²) in [7, 11) is 0. The number of esters is 3. The third-order valence-corrected chi connectivity index (χ3v) is 10.1. The standard InChI is InChI=1S/C52H88O6/c1-4-7-10-13-16-19-22-25-26-28-30-33-36-39-42-45-51(54)57-48-49(47-56-50(53)44-41-38-35-32-29-24-21-18-15-12-9-6-3)58-52(55)46-43-40-37-34-31-27-23-20-17-14-11-8-5-2/h8,11,14,17,19-20,22-23,27,31,34,37,49H,4-7,9-10,12-13,15-16,18,21,24-26,28-30,32-33,35-36,38-48H2,1-3H3/b11-8-,17-14-,22-19-,23-20-,31-27-,37-34-. The second-order valence-corrected chi connectivity index (χ2v) is 15.8. The van der Waals surface area contributed by atoms with E-state index in [2.05, 4.69) is 39.0 Å². The van der Waals surface area contributed by atoms with Crippen LogP contribution in [0, 0.1) is 0 Å². The predicted molar refractivity (Wildman–Crippen MR) is 247 cm³/mol. The van der Waals surface area contributed by atoms with Gasteiger partial charge in [0.1, 0.15) is 13.2 Å². The Morgan fingerprint density at radius 1 is 0.362 bits per heavy atom. The smallest absolute Gasteiger partial charge is 0.306 e. The van der Waals surface area contributed by atoms with E-state index in [1.165, 1.54) is 122 Å². The van der Waals surface area contributed by atoms with Gasteiger partial charge in [0, 0.05) is 19.3 Å². The molecule has 0 rings (SSSR count). The van der Waals surface area contributed by atoms with Gasteiger partial charge in [0.2, 0.25) is 0 Å². The van der Waals surface area contributed by atoms with Gasteiger partial charge < -0.3 is 14.2 Å². The highest BCUT2D eigenvalue weighted by atomic mass is 16.6. The van der Waals surface area contributed by atoms with Gasteiger partial charge in [-0.25, -0.2) is 0 Å². The minimum Gasteiger partial charge on any atom is -0.462 e. The van der Waals surface area contributed by atoms with Crippen LogP contribution in [-0.4, -0.2) is 37.2 Å². The van der Waals surface area contributed by atoms with Gasteiger partial charge in [-0.15, -0.1) is 0 Å². The lowest BCUT2D eigenvalue weighted by Gasteiger charge is -2.18. The third kappa shape index (κ3) is 44.0. The molecule has 6 heteroatoms. The molecule has 0 heterocycles. The van der Waals surface area contributed by atoms with Gasteiger partial charge in [-0.05, 0) is 57.8 Å². The van der Waals surface area contributed by atoms with Crippen LogP contribution in [-0.2, 0) is 28.6 Å². The molecule has 332 valence electrons. The highest BCUT2D eigenvalue weighted by molar-refractivity contribution is 5.71. The van der Waals surface area contributed by atoms with E-state index in [4.69, 9.17) is 14.2 Å². The van der Waals surface area contributed by atoms with Crippen molar-refractivity contribution in [1.29, 1.82) is 0 Å². The van der Waals surface area contributed by atoms with Crippen molar-refractivity contribution in [3.8, 4) is 0 Å². The molecule has 0 spiro atoms. The van der Waals surface area contributed by atoms with Crippen molar-refractivity contribution in [3.63, 3.8) is 0 Å². The Balaban J connectivity index is 4.48. The maximum atomic E-state index is 12.7. The van der Waals surface area contributed by atoms with Gasteiger partial charge in [0.05, 0.1) is 0 Å². The van der Waals surface area contributed by atoms with Crippen LogP contribution in [0.1, 0.15) is 220 Å². The van der Waals surface area contributed by atoms with Crippen LogP contribution >= 0.6 is 0 Å². The second kappa shape index (κ2) is 46.5. The van der Waals surface area contributed by atoms with Crippen LogP contribution in [0.25, 0.3) is 0 Å². The molecule has 6 nitrogen and oxygen atoms in total. The summed E-state index contributed by atoms with van der Waals surface area (Å²) in [6.07, 6.45) is 57.5. The predicted octanol–water partition coefficient (Wildman–Crippen LogP) is 15.5. The Labute approximate surface area is 357 Å². The first-order valence-electron chi connectivity index (χ1n) is 24.0. The van der Waals surface area contributed by atoms with Crippen LogP contribution in [0.5, 0.6) is 0 Å². The maximum absolute atomic E-state index is 12.7. The second-order valence-electron chi connectivity index (χ2n) is 15.8. The molecule has 0 fully saturated rings. The molecule has 0 radical (unpaired) electrons. The van der Waals surface area contributed by atoms with Crippen molar-refractivity contribution in [1.82, 2.24) is 0 Å². The highest BCUT2D eigenvalue weighted by Crippen LogP contribution is 2.14. The summed E-state index contributed by atoms with van der Waals surface area (Å²) in [6.45, 7) is 6.40. The average Bonchev–Trinajstić information content (AvgIpc) is 3.22. The number of ether oxygens (including phenoxy) is 3. The fourth-order valence-corrected chi connectivity index (χ4v) is 6.47. The number of carbonyl (C=O) groups is 3. The number of allylic oxidation sites excluding steroid dienone is 12. The topological polar surface area (TPSA) is 78.9 Å². The molecule has 0 saturated heterocycles. The number of hydrogen-bond acceptors (Lipinski definition) is 6. The molecule has 0 aromatic carbocycles. The largest absolute Gasteiger partial charge is 0.462 e. The van der Waals surface area contributed by atoms with Crippen molar-refractivity contribution >= 4 is 17.9 Å². The molecular weight excluding hydrogens is 721 g/mol. The molecule has 58 heavy (non-hydrogen) atoms. The summed E-state index contributed by atoms with van der Waals surface area (Å²) < 4.78 is 16.7. The van der Waals surface area contributed by atoms with E-state index in [1.807, 2.05) is 54.7 Å². The van der Waals surface area contributed by atoms with E-state index in [0.29, 0.717) is 19.3 Å². The first-order chi connectivity index (χ1) is 28.5. The SMILES string of the molecule is CC\C=C/C=C\C=C/C=C\C=C/CCCC(=O)OC(COC(=O)CCCCCCCCC/C=C\CCCCCC)COC(=O)CCCCCCCCCCCCCC. The Morgan fingerprint density at radius 3 is 1.16 bits per heavy atom. The molecule has 1 atom stereocenters. The van der Waals surface area contributed by atoms with Gasteiger partial charge in [0.15, 0.2) is 6.10 Å². The average molecular weight is 809 g/mol. The van der Waals surface area contributed by atoms with Gasteiger partial charge in [-0.2, -0.15) is 0 Å². The quantitative estimate of drug-likeness (QED) is 0.0201. The van der Waals surface area contributed by atoms with E-state index < -0.39 is 6.10 Å². The summed E-state index contributed by atoms with van der Waals surface area (Å²) >= 11 is 0. The van der Waals surface area contributed by atoms with Crippen LogP contribution < -0.4 is 0 Å². The molecule has 0 aliphatic carbocycles. The Kier molecular flexibility index (Phi) is 44.0. The van der Waals surface area contributed by atoms with Gasteiger partial charge in [-0.1, -0.05) is 216 Å². The van der Waals surface area contributed by atoms with E-state index in [-0.39, 0.29) is 37.5 Å². The highest BCUT2D eigenvalue weighted by Gasteiger charge is 2.19. The molecule has 1 unspecified atom stereocenters. The van der Waals surface area contributed by atoms with Gasteiger partial charge in [0.25, 0.3) is 0 Å². The van der Waals surface area contributed by atoms with Gasteiger partial charge in [-0.3, -0.25) is 14.4 Å². The van der Waals surface area contributed by atoms with E-state index in [1.54, 1.807) is 0 Å². The monoisotopic (exact) mass is 809 g/mol. The third-order valence-electron chi connectivity index (χ3n) is 10.1. The van der Waals surface area contributed by atoms with Crippen molar-refractivity contribution in [2.75, 3.05) is 13.2 Å². The lowest BCUT2D eigenvalue weighted by Crippen LogP contribution is -2.30. The summed E-state index contributed by atoms with van der Waals surface area (Å²) in [5.74, 6) is -0.985. The number of unbranched alkanes of at least 4 members (excludes halogenated alkanes) is 23. The number of carbonyl (C=O) groups excluding carboxylic acids is 3. The summed E-state index contributed by atoms with van der Waals surface area (Å²) in [6, 6.07) is 0. The van der Waals surface area contributed by atoms with Gasteiger partial charge >= 0.3 is 17.9 Å². The number of hydrogen-bond donors (Lipinski definition) is 0. The van der Waals surface area contributed by atoms with Crippen molar-refractivity contribution in [2.24, 2.45) is 0 Å². The zero-order valence-corrected chi connectivity index (χ0v) is 37.8. The Bertz CT molecular complexity index is 1110. The van der Waals surface area contributed by atoms with Crippen LogP contribution in [0.2, 0.25) is 0 Å². The lowest BCUT2D eigenvalue weighted by molar-refractivity contribution is -0.167. The molecule has 0 aromatic heterocycles. The normalized spacial score (nSPS) is 12.7. The molecule has 0 aliphatic rings. The van der Waals surface area contributed by atoms with Crippen molar-refractivity contribution in [3.05, 3.63) is 72.9 Å². The molecular formula is C52H88O6.